The minimum Gasteiger partial charge on any atom is -0.459 e. The van der Waals surface area contributed by atoms with Crippen LogP contribution in [-0.4, -0.2) is 7.05 Å². The zero-order valence-electron chi connectivity index (χ0n) is 8.47. The quantitative estimate of drug-likeness (QED) is 0.826. The average Bonchev–Trinajstić information content (AvgIpc) is 2.60. The zero-order chi connectivity index (χ0) is 11.0. The molecule has 15 heavy (non-hydrogen) atoms. The summed E-state index contributed by atoms with van der Waals surface area (Å²) in [5.74, 6) is -0.627. The SMILES string of the molecule is CNC(C)c1cc2c(F)cc(F)cc2o1. The monoisotopic (exact) mass is 211 g/mol. The third kappa shape index (κ3) is 1.72. The molecule has 2 nitrogen and oxygen atoms in total. The second kappa shape index (κ2) is 3.62. The van der Waals surface area contributed by atoms with Gasteiger partial charge in [0.05, 0.1) is 11.4 Å². The van der Waals surface area contributed by atoms with E-state index in [0.717, 1.165) is 6.07 Å². The minimum absolute atomic E-state index is 0.0279. The summed E-state index contributed by atoms with van der Waals surface area (Å²) in [6, 6.07) is 3.60. The first-order chi connectivity index (χ1) is 7.11. The number of rotatable bonds is 2. The Hall–Kier alpha value is -1.42. The summed E-state index contributed by atoms with van der Waals surface area (Å²) in [5.41, 5.74) is 0.240. The highest BCUT2D eigenvalue weighted by molar-refractivity contribution is 5.78. The molecule has 1 aromatic carbocycles. The molecule has 0 saturated carbocycles. The summed E-state index contributed by atoms with van der Waals surface area (Å²) >= 11 is 0. The molecule has 1 heterocycles. The smallest absolute Gasteiger partial charge is 0.140 e. The molecule has 2 rings (SSSR count). The van der Waals surface area contributed by atoms with E-state index >= 15 is 0 Å². The molecule has 0 aliphatic heterocycles. The topological polar surface area (TPSA) is 25.2 Å². The molecule has 0 saturated heterocycles. The van der Waals surface area contributed by atoms with E-state index in [-0.39, 0.29) is 11.6 Å². The Morgan fingerprint density at radius 2 is 2.00 bits per heavy atom. The first kappa shape index (κ1) is 10.1. The molecule has 1 unspecified atom stereocenters. The van der Waals surface area contributed by atoms with Crippen molar-refractivity contribution in [3.8, 4) is 0 Å². The van der Waals surface area contributed by atoms with Crippen LogP contribution in [0.25, 0.3) is 11.0 Å². The number of fused-ring (bicyclic) bond motifs is 1. The lowest BCUT2D eigenvalue weighted by atomic mass is 10.2. The predicted octanol–water partition coefficient (Wildman–Crippen LogP) is 2.99. The Labute approximate surface area is 85.9 Å². The highest BCUT2D eigenvalue weighted by Gasteiger charge is 2.13. The molecule has 1 N–H and O–H groups in total. The Kier molecular flexibility index (Phi) is 2.44. The Balaban J connectivity index is 2.60. The molecule has 0 fully saturated rings. The maximum Gasteiger partial charge on any atom is 0.140 e. The number of halogens is 2. The van der Waals surface area contributed by atoms with Gasteiger partial charge in [0.25, 0.3) is 0 Å². The van der Waals surface area contributed by atoms with Crippen molar-refractivity contribution < 1.29 is 13.2 Å². The molecule has 0 spiro atoms. The summed E-state index contributed by atoms with van der Waals surface area (Å²) in [4.78, 5) is 0. The average molecular weight is 211 g/mol. The molecular formula is C11H11F2NO. The van der Waals surface area contributed by atoms with Gasteiger partial charge in [-0.3, -0.25) is 0 Å². The number of benzene rings is 1. The molecule has 0 aliphatic rings. The maximum atomic E-state index is 13.3. The number of furan rings is 1. The fraction of sp³-hybridized carbons (Fsp3) is 0.273. The van der Waals surface area contributed by atoms with Gasteiger partial charge in [0.1, 0.15) is 23.0 Å². The molecule has 0 amide bonds. The van der Waals surface area contributed by atoms with Crippen LogP contribution < -0.4 is 5.32 Å². The summed E-state index contributed by atoms with van der Waals surface area (Å²) in [6.07, 6.45) is 0. The van der Waals surface area contributed by atoms with Gasteiger partial charge in [0.15, 0.2) is 0 Å². The molecule has 0 aliphatic carbocycles. The van der Waals surface area contributed by atoms with Crippen molar-refractivity contribution in [3.63, 3.8) is 0 Å². The van der Waals surface area contributed by atoms with E-state index in [9.17, 15) is 8.78 Å². The van der Waals surface area contributed by atoms with Crippen molar-refractivity contribution in [2.75, 3.05) is 7.05 Å². The second-order valence-corrected chi connectivity index (χ2v) is 3.46. The fourth-order valence-corrected chi connectivity index (χ4v) is 1.44. The van der Waals surface area contributed by atoms with Gasteiger partial charge in [-0.25, -0.2) is 8.78 Å². The van der Waals surface area contributed by atoms with Crippen LogP contribution in [-0.2, 0) is 0 Å². The molecule has 2 aromatic rings. The molecule has 1 atom stereocenters. The highest BCUT2D eigenvalue weighted by Crippen LogP contribution is 2.26. The van der Waals surface area contributed by atoms with Gasteiger partial charge in [-0.15, -0.1) is 0 Å². The van der Waals surface area contributed by atoms with Gasteiger partial charge >= 0.3 is 0 Å². The van der Waals surface area contributed by atoms with Crippen LogP contribution in [0.1, 0.15) is 18.7 Å². The number of hydrogen-bond donors (Lipinski definition) is 1. The highest BCUT2D eigenvalue weighted by atomic mass is 19.1. The van der Waals surface area contributed by atoms with Gasteiger partial charge < -0.3 is 9.73 Å². The zero-order valence-corrected chi connectivity index (χ0v) is 8.47. The Bertz CT molecular complexity index is 493. The molecule has 0 bridgehead atoms. The second-order valence-electron chi connectivity index (χ2n) is 3.46. The molecular weight excluding hydrogens is 200 g/mol. The van der Waals surface area contributed by atoms with Gasteiger partial charge in [0, 0.05) is 12.1 Å². The van der Waals surface area contributed by atoms with Gasteiger partial charge in [-0.1, -0.05) is 0 Å². The Morgan fingerprint density at radius 1 is 1.27 bits per heavy atom. The van der Waals surface area contributed by atoms with Crippen LogP contribution >= 0.6 is 0 Å². The number of hydrogen-bond acceptors (Lipinski definition) is 2. The third-order valence-electron chi connectivity index (χ3n) is 2.43. The van der Waals surface area contributed by atoms with Crippen molar-refractivity contribution in [1.82, 2.24) is 5.32 Å². The van der Waals surface area contributed by atoms with E-state index in [0.29, 0.717) is 11.1 Å². The van der Waals surface area contributed by atoms with E-state index in [1.807, 2.05) is 6.92 Å². The van der Waals surface area contributed by atoms with Crippen LogP contribution in [0.3, 0.4) is 0 Å². The summed E-state index contributed by atoms with van der Waals surface area (Å²) in [6.45, 7) is 1.88. The van der Waals surface area contributed by atoms with Crippen LogP contribution in [0.15, 0.2) is 22.6 Å². The van der Waals surface area contributed by atoms with E-state index in [4.69, 9.17) is 4.42 Å². The summed E-state index contributed by atoms with van der Waals surface area (Å²) in [7, 11) is 1.77. The first-order valence-electron chi connectivity index (χ1n) is 4.67. The minimum atomic E-state index is -0.627. The standard InChI is InChI=1S/C11H11F2NO/c1-6(14-2)10-5-8-9(13)3-7(12)4-11(8)15-10/h3-6,14H,1-2H3. The van der Waals surface area contributed by atoms with E-state index in [2.05, 4.69) is 5.32 Å². The molecule has 4 heteroatoms. The van der Waals surface area contributed by atoms with Crippen molar-refractivity contribution in [1.29, 1.82) is 0 Å². The summed E-state index contributed by atoms with van der Waals surface area (Å²) in [5, 5.41) is 3.28. The van der Waals surface area contributed by atoms with Crippen molar-refractivity contribution >= 4 is 11.0 Å². The molecule has 0 radical (unpaired) electrons. The van der Waals surface area contributed by atoms with Gasteiger partial charge in [0.2, 0.25) is 0 Å². The lowest BCUT2D eigenvalue weighted by molar-refractivity contribution is 0.473. The maximum absolute atomic E-state index is 13.3. The first-order valence-corrected chi connectivity index (χ1v) is 4.67. The van der Waals surface area contributed by atoms with Crippen molar-refractivity contribution in [3.05, 3.63) is 35.6 Å². The van der Waals surface area contributed by atoms with Gasteiger partial charge in [-0.05, 0) is 20.0 Å². The Morgan fingerprint density at radius 3 is 2.67 bits per heavy atom. The normalized spacial score (nSPS) is 13.3. The lowest BCUT2D eigenvalue weighted by Gasteiger charge is -2.04. The van der Waals surface area contributed by atoms with Crippen molar-refractivity contribution in [2.24, 2.45) is 0 Å². The van der Waals surface area contributed by atoms with Crippen LogP contribution in [0, 0.1) is 11.6 Å². The van der Waals surface area contributed by atoms with Gasteiger partial charge in [-0.2, -0.15) is 0 Å². The van der Waals surface area contributed by atoms with E-state index in [1.54, 1.807) is 13.1 Å². The lowest BCUT2D eigenvalue weighted by Crippen LogP contribution is -2.10. The van der Waals surface area contributed by atoms with Crippen LogP contribution in [0.5, 0.6) is 0 Å². The van der Waals surface area contributed by atoms with Crippen molar-refractivity contribution in [2.45, 2.75) is 13.0 Å². The molecule has 1 aromatic heterocycles. The number of nitrogens with one attached hydrogen (secondary N) is 1. The van der Waals surface area contributed by atoms with E-state index < -0.39 is 11.6 Å². The fourth-order valence-electron chi connectivity index (χ4n) is 1.44. The molecule has 80 valence electrons. The summed E-state index contributed by atoms with van der Waals surface area (Å²) < 4.78 is 31.5. The third-order valence-corrected chi connectivity index (χ3v) is 2.43. The van der Waals surface area contributed by atoms with Crippen LogP contribution in [0.4, 0.5) is 8.78 Å². The van der Waals surface area contributed by atoms with E-state index in [1.165, 1.54) is 6.07 Å². The largest absolute Gasteiger partial charge is 0.459 e. The predicted molar refractivity (Wildman–Crippen MR) is 53.6 cm³/mol. The van der Waals surface area contributed by atoms with Crippen LogP contribution in [0.2, 0.25) is 0 Å².